The Balaban J connectivity index is 1.44. The minimum Gasteiger partial charge on any atom is -0.481 e. The molecule has 4 rings (SSSR count). The maximum absolute atomic E-state index is 12.0. The summed E-state index contributed by atoms with van der Waals surface area (Å²) in [7, 11) is 0. The van der Waals surface area contributed by atoms with Crippen molar-refractivity contribution in [3.8, 4) is 0 Å². The van der Waals surface area contributed by atoms with Gasteiger partial charge in [0.05, 0.1) is 11.8 Å². The molecule has 1 aromatic heterocycles. The van der Waals surface area contributed by atoms with Crippen molar-refractivity contribution in [1.82, 2.24) is 10.1 Å². The number of benzene rings is 1. The summed E-state index contributed by atoms with van der Waals surface area (Å²) in [5, 5.41) is 24.7. The number of likely N-dealkylation sites (tertiary alicyclic amines) is 1. The monoisotopic (exact) mass is 356 g/mol. The number of carbonyl (C=O) groups is 1. The van der Waals surface area contributed by atoms with Gasteiger partial charge >= 0.3 is 5.97 Å². The number of hydrogen-bond donors (Lipinski definition) is 2. The molecule has 0 spiro atoms. The number of aliphatic hydroxyl groups is 1. The highest BCUT2D eigenvalue weighted by atomic mass is 16.5. The Bertz CT molecular complexity index is 771. The number of rotatable bonds is 6. The molecule has 1 aromatic carbocycles. The lowest BCUT2D eigenvalue weighted by Crippen LogP contribution is -2.55. The summed E-state index contributed by atoms with van der Waals surface area (Å²) < 4.78 is 5.38. The van der Waals surface area contributed by atoms with Crippen molar-refractivity contribution in [3.05, 3.63) is 53.4 Å². The number of nitrogens with zero attached hydrogens (tertiary/aromatic N) is 2. The minimum atomic E-state index is -1.14. The molecule has 0 unspecified atom stereocenters. The highest BCUT2D eigenvalue weighted by molar-refractivity contribution is 5.76. The first-order valence-corrected chi connectivity index (χ1v) is 9.20. The third kappa shape index (κ3) is 3.39. The van der Waals surface area contributed by atoms with Gasteiger partial charge in [-0.3, -0.25) is 9.69 Å². The van der Waals surface area contributed by atoms with Crippen LogP contribution < -0.4 is 0 Å². The average molecular weight is 356 g/mol. The fourth-order valence-corrected chi connectivity index (χ4v) is 3.86. The van der Waals surface area contributed by atoms with Crippen LogP contribution in [0.5, 0.6) is 0 Å². The average Bonchev–Trinajstić information content (AvgIpc) is 3.38. The van der Waals surface area contributed by atoms with Gasteiger partial charge in [0, 0.05) is 25.1 Å². The topological polar surface area (TPSA) is 86.8 Å². The van der Waals surface area contributed by atoms with E-state index in [1.165, 1.54) is 0 Å². The lowest BCUT2D eigenvalue weighted by molar-refractivity contribution is -0.163. The van der Waals surface area contributed by atoms with E-state index in [9.17, 15) is 15.0 Å². The van der Waals surface area contributed by atoms with Crippen LogP contribution in [0, 0.1) is 5.41 Å². The molecule has 138 valence electrons. The van der Waals surface area contributed by atoms with Crippen LogP contribution in [0.25, 0.3) is 0 Å². The molecule has 26 heavy (non-hydrogen) atoms. The van der Waals surface area contributed by atoms with Gasteiger partial charge in [0.15, 0.2) is 0 Å². The van der Waals surface area contributed by atoms with Crippen LogP contribution in [0.1, 0.15) is 42.2 Å². The van der Waals surface area contributed by atoms with Crippen LogP contribution in [-0.2, 0) is 17.8 Å². The second-order valence-electron chi connectivity index (χ2n) is 7.62. The maximum atomic E-state index is 12.0. The fourth-order valence-electron chi connectivity index (χ4n) is 3.86. The summed E-state index contributed by atoms with van der Waals surface area (Å²) in [4.78, 5) is 14.1. The van der Waals surface area contributed by atoms with Gasteiger partial charge in [-0.2, -0.15) is 0 Å². The largest absolute Gasteiger partial charge is 0.481 e. The Morgan fingerprint density at radius 1 is 1.31 bits per heavy atom. The first-order valence-electron chi connectivity index (χ1n) is 9.20. The van der Waals surface area contributed by atoms with Crippen LogP contribution in [0.15, 0.2) is 40.9 Å². The molecule has 2 fully saturated rings. The predicted molar refractivity (Wildman–Crippen MR) is 94.6 cm³/mol. The third-order valence-corrected chi connectivity index (χ3v) is 5.67. The minimum absolute atomic E-state index is 0.324. The van der Waals surface area contributed by atoms with Crippen molar-refractivity contribution in [1.29, 1.82) is 0 Å². The molecule has 2 aliphatic rings. The molecule has 2 atom stereocenters. The molecule has 1 saturated carbocycles. The summed E-state index contributed by atoms with van der Waals surface area (Å²) >= 11 is 0. The van der Waals surface area contributed by atoms with Gasteiger partial charge in [-0.05, 0) is 37.8 Å². The second kappa shape index (κ2) is 6.85. The number of β-amino-alcohol motifs (C(OH)–C–C–N with tert-alkyl or cyclic N) is 1. The van der Waals surface area contributed by atoms with E-state index in [2.05, 4.69) is 10.1 Å². The van der Waals surface area contributed by atoms with Crippen LogP contribution in [0.3, 0.4) is 0 Å². The Morgan fingerprint density at radius 2 is 2.08 bits per heavy atom. The molecule has 6 nitrogen and oxygen atoms in total. The van der Waals surface area contributed by atoms with Gasteiger partial charge in [0.1, 0.15) is 11.2 Å². The highest BCUT2D eigenvalue weighted by Gasteiger charge is 2.48. The molecule has 1 aliphatic heterocycles. The van der Waals surface area contributed by atoms with Crippen molar-refractivity contribution >= 4 is 5.97 Å². The van der Waals surface area contributed by atoms with Gasteiger partial charge in [0.2, 0.25) is 0 Å². The van der Waals surface area contributed by atoms with Crippen molar-refractivity contribution in [2.75, 3.05) is 13.1 Å². The highest BCUT2D eigenvalue weighted by Crippen LogP contribution is 2.40. The Kier molecular flexibility index (Phi) is 4.54. The SMILES string of the molecule is O=C(O)[C@@]1(Cc2ccccc2)CCN(Cc2cc(C3CC3)on2)C[C@@H]1O. The van der Waals surface area contributed by atoms with E-state index >= 15 is 0 Å². The Morgan fingerprint density at radius 3 is 2.73 bits per heavy atom. The summed E-state index contributed by atoms with van der Waals surface area (Å²) in [6.45, 7) is 1.51. The van der Waals surface area contributed by atoms with Crippen LogP contribution in [0.4, 0.5) is 0 Å². The number of piperidine rings is 1. The molecule has 0 bridgehead atoms. The molecule has 2 heterocycles. The number of carboxylic acid groups (broad SMARTS) is 1. The normalized spacial score (nSPS) is 26.7. The van der Waals surface area contributed by atoms with E-state index in [1.54, 1.807) is 0 Å². The fraction of sp³-hybridized carbons (Fsp3) is 0.500. The number of aliphatic hydroxyl groups excluding tert-OH is 1. The smallest absolute Gasteiger partial charge is 0.312 e. The Hall–Kier alpha value is -2.18. The zero-order chi connectivity index (χ0) is 18.1. The third-order valence-electron chi connectivity index (χ3n) is 5.67. The van der Waals surface area contributed by atoms with Crippen LogP contribution >= 0.6 is 0 Å². The zero-order valence-electron chi connectivity index (χ0n) is 14.7. The van der Waals surface area contributed by atoms with E-state index in [0.717, 1.165) is 29.9 Å². The van der Waals surface area contributed by atoms with Crippen LogP contribution in [-0.4, -0.2) is 45.4 Å². The molecule has 1 aliphatic carbocycles. The lowest BCUT2D eigenvalue weighted by Gasteiger charge is -2.42. The Labute approximate surface area is 152 Å². The number of aromatic nitrogens is 1. The first-order chi connectivity index (χ1) is 12.6. The van der Waals surface area contributed by atoms with Gasteiger partial charge in [-0.25, -0.2) is 0 Å². The number of carboxylic acids is 1. The lowest BCUT2D eigenvalue weighted by atomic mass is 9.71. The summed E-state index contributed by atoms with van der Waals surface area (Å²) in [6.07, 6.45) is 2.15. The van der Waals surface area contributed by atoms with E-state index in [0.29, 0.717) is 38.4 Å². The standard InChI is InChI=1S/C20H24N2O4/c23-18-13-22(12-16-10-17(26-21-16)15-6-7-15)9-8-20(18,19(24)25)11-14-4-2-1-3-5-14/h1-5,10,15,18,23H,6-9,11-13H2,(H,24,25)/t18-,20+/m0/s1. The molecule has 0 amide bonds. The molecular weight excluding hydrogens is 332 g/mol. The molecule has 6 heteroatoms. The quantitative estimate of drug-likeness (QED) is 0.827. The number of hydrogen-bond acceptors (Lipinski definition) is 5. The van der Waals surface area contributed by atoms with E-state index in [1.807, 2.05) is 36.4 Å². The van der Waals surface area contributed by atoms with Crippen molar-refractivity contribution in [3.63, 3.8) is 0 Å². The van der Waals surface area contributed by atoms with Crippen molar-refractivity contribution in [2.45, 2.75) is 44.2 Å². The van der Waals surface area contributed by atoms with Gasteiger partial charge in [0.25, 0.3) is 0 Å². The molecular formula is C20H24N2O4. The first kappa shape index (κ1) is 17.2. The van der Waals surface area contributed by atoms with Gasteiger partial charge in [-0.15, -0.1) is 0 Å². The molecule has 2 aromatic rings. The molecule has 1 saturated heterocycles. The summed E-state index contributed by atoms with van der Waals surface area (Å²) in [5.74, 6) is 0.543. The van der Waals surface area contributed by atoms with E-state index in [-0.39, 0.29) is 0 Å². The van der Waals surface area contributed by atoms with E-state index < -0.39 is 17.5 Å². The van der Waals surface area contributed by atoms with Crippen LogP contribution in [0.2, 0.25) is 0 Å². The van der Waals surface area contributed by atoms with Crippen molar-refractivity contribution < 1.29 is 19.5 Å². The van der Waals surface area contributed by atoms with Gasteiger partial charge in [-0.1, -0.05) is 35.5 Å². The predicted octanol–water partition coefficient (Wildman–Crippen LogP) is 2.43. The molecule has 2 N–H and O–H groups in total. The maximum Gasteiger partial charge on any atom is 0.312 e. The van der Waals surface area contributed by atoms with E-state index in [4.69, 9.17) is 4.52 Å². The summed E-state index contributed by atoms with van der Waals surface area (Å²) in [6, 6.07) is 11.5. The van der Waals surface area contributed by atoms with Crippen molar-refractivity contribution in [2.24, 2.45) is 5.41 Å². The number of aliphatic carboxylic acids is 1. The molecule has 0 radical (unpaired) electrons. The van der Waals surface area contributed by atoms with Gasteiger partial charge < -0.3 is 14.7 Å². The second-order valence-corrected chi connectivity index (χ2v) is 7.62. The summed E-state index contributed by atoms with van der Waals surface area (Å²) in [5.41, 5.74) is 0.652. The zero-order valence-corrected chi connectivity index (χ0v) is 14.7.